The molecule has 0 heterocycles. The molecule has 1 rings (SSSR count). The zero-order valence-electron chi connectivity index (χ0n) is 9.93. The molecule has 1 aliphatic carbocycles. The van der Waals surface area contributed by atoms with Gasteiger partial charge in [0.05, 0.1) is 12.6 Å². The molecule has 3 N–H and O–H groups in total. The average Bonchev–Trinajstić information content (AvgIpc) is 2.28. The number of rotatable bonds is 5. The molecule has 0 saturated heterocycles. The number of amides is 1. The summed E-state index contributed by atoms with van der Waals surface area (Å²) in [6.45, 7) is 1.80. The Morgan fingerprint density at radius 2 is 2.12 bits per heavy atom. The monoisotopic (exact) mass is 245 g/mol. The summed E-state index contributed by atoms with van der Waals surface area (Å²) in [5.74, 6) is 0.0684. The molecule has 0 radical (unpaired) electrons. The zero-order chi connectivity index (χ0) is 12.8. The van der Waals surface area contributed by atoms with Gasteiger partial charge in [-0.15, -0.1) is 10.1 Å². The minimum absolute atomic E-state index is 0.139. The van der Waals surface area contributed by atoms with Gasteiger partial charge < -0.3 is 15.9 Å². The molecule has 1 saturated carbocycles. The van der Waals surface area contributed by atoms with Crippen LogP contribution in [0, 0.1) is 16.0 Å². The first-order chi connectivity index (χ1) is 7.99. The Kier molecular flexibility index (Phi) is 5.14. The van der Waals surface area contributed by atoms with Crippen molar-refractivity contribution in [2.24, 2.45) is 11.7 Å². The summed E-state index contributed by atoms with van der Waals surface area (Å²) in [6, 6.07) is -0.356. The summed E-state index contributed by atoms with van der Waals surface area (Å²) in [5, 5.41) is 12.1. The van der Waals surface area contributed by atoms with E-state index in [-0.39, 0.29) is 24.5 Å². The summed E-state index contributed by atoms with van der Waals surface area (Å²) in [4.78, 5) is 25.7. The van der Waals surface area contributed by atoms with Crippen LogP contribution < -0.4 is 11.1 Å². The fraction of sp³-hybridized carbons (Fsp3) is 0.900. The van der Waals surface area contributed by atoms with E-state index in [2.05, 4.69) is 10.2 Å². The van der Waals surface area contributed by atoms with Crippen LogP contribution in [0.2, 0.25) is 0 Å². The standard InChI is InChI=1S/C10H19N3O4/c1-7(11)10(14)12-9-4-2-8(3-5-9)6-17-13(15)16/h7-9H,2-6,11H2,1H3,(H,12,14)/t7?,8-,9+. The lowest BCUT2D eigenvalue weighted by Crippen LogP contribution is -2.45. The zero-order valence-corrected chi connectivity index (χ0v) is 9.93. The molecule has 1 amide bonds. The van der Waals surface area contributed by atoms with E-state index in [1.807, 2.05) is 0 Å². The molecule has 1 aliphatic rings. The maximum absolute atomic E-state index is 11.4. The lowest BCUT2D eigenvalue weighted by molar-refractivity contribution is -0.759. The lowest BCUT2D eigenvalue weighted by atomic mass is 9.86. The van der Waals surface area contributed by atoms with Crippen LogP contribution in [-0.2, 0) is 9.63 Å². The van der Waals surface area contributed by atoms with Crippen molar-refractivity contribution < 1.29 is 14.7 Å². The number of hydrogen-bond acceptors (Lipinski definition) is 5. The third kappa shape index (κ3) is 4.99. The number of nitrogens with two attached hydrogens (primary N) is 1. The SMILES string of the molecule is CC(N)C(=O)N[C@H]1CC[C@@H](CO[N+](=O)[O-])CC1. The second-order valence-electron chi connectivity index (χ2n) is 4.53. The average molecular weight is 245 g/mol. The third-order valence-electron chi connectivity index (χ3n) is 3.02. The molecule has 0 aliphatic heterocycles. The Labute approximate surface area is 99.8 Å². The summed E-state index contributed by atoms with van der Waals surface area (Å²) in [6.07, 6.45) is 3.31. The van der Waals surface area contributed by atoms with Crippen molar-refractivity contribution in [3.8, 4) is 0 Å². The van der Waals surface area contributed by atoms with Crippen LogP contribution >= 0.6 is 0 Å². The molecule has 0 aromatic carbocycles. The van der Waals surface area contributed by atoms with Gasteiger partial charge in [-0.2, -0.15) is 0 Å². The van der Waals surface area contributed by atoms with Crippen molar-refractivity contribution in [3.63, 3.8) is 0 Å². The quantitative estimate of drug-likeness (QED) is 0.532. The van der Waals surface area contributed by atoms with E-state index < -0.39 is 11.1 Å². The van der Waals surface area contributed by atoms with Crippen molar-refractivity contribution in [3.05, 3.63) is 10.1 Å². The number of carbonyl (C=O) groups is 1. The summed E-state index contributed by atoms with van der Waals surface area (Å²) < 4.78 is 0. The first-order valence-corrected chi connectivity index (χ1v) is 5.82. The van der Waals surface area contributed by atoms with Crippen LogP contribution in [0.25, 0.3) is 0 Å². The van der Waals surface area contributed by atoms with E-state index in [1.165, 1.54) is 0 Å². The predicted molar refractivity (Wildman–Crippen MR) is 60.5 cm³/mol. The fourth-order valence-corrected chi connectivity index (χ4v) is 1.97. The van der Waals surface area contributed by atoms with Gasteiger partial charge in [-0.25, -0.2) is 0 Å². The third-order valence-corrected chi connectivity index (χ3v) is 3.02. The predicted octanol–water partition coefficient (Wildman–Crippen LogP) is 0.217. The molecule has 1 unspecified atom stereocenters. The Hall–Kier alpha value is -1.37. The van der Waals surface area contributed by atoms with Gasteiger partial charge in [0, 0.05) is 6.04 Å². The number of nitrogens with one attached hydrogen (secondary N) is 1. The number of nitrogens with zero attached hydrogens (tertiary/aromatic N) is 1. The molecule has 1 atom stereocenters. The van der Waals surface area contributed by atoms with Crippen molar-refractivity contribution >= 4 is 5.91 Å². The molecule has 1 fully saturated rings. The molecular weight excluding hydrogens is 226 g/mol. The smallest absolute Gasteiger partial charge is 0.294 e. The first kappa shape index (κ1) is 13.7. The summed E-state index contributed by atoms with van der Waals surface area (Å²) >= 11 is 0. The van der Waals surface area contributed by atoms with Crippen LogP contribution in [0.3, 0.4) is 0 Å². The van der Waals surface area contributed by atoms with Gasteiger partial charge in [0.1, 0.15) is 0 Å². The maximum atomic E-state index is 11.4. The van der Waals surface area contributed by atoms with Crippen LogP contribution in [0.15, 0.2) is 0 Å². The Morgan fingerprint density at radius 1 is 1.53 bits per heavy atom. The fourth-order valence-electron chi connectivity index (χ4n) is 1.97. The van der Waals surface area contributed by atoms with Gasteiger partial charge in [0.2, 0.25) is 5.91 Å². The van der Waals surface area contributed by atoms with E-state index in [0.717, 1.165) is 25.7 Å². The van der Waals surface area contributed by atoms with Gasteiger partial charge in [-0.3, -0.25) is 4.79 Å². The minimum atomic E-state index is -0.760. The molecule has 7 nitrogen and oxygen atoms in total. The van der Waals surface area contributed by atoms with Gasteiger partial charge in [-0.05, 0) is 38.5 Å². The highest BCUT2D eigenvalue weighted by Crippen LogP contribution is 2.24. The molecule has 0 spiro atoms. The topological polar surface area (TPSA) is 107 Å². The first-order valence-electron chi connectivity index (χ1n) is 5.82. The molecule has 0 aromatic heterocycles. The Morgan fingerprint density at radius 3 is 2.59 bits per heavy atom. The molecule has 0 aromatic rings. The Bertz CT molecular complexity index is 275. The van der Waals surface area contributed by atoms with Crippen molar-refractivity contribution in [1.82, 2.24) is 5.32 Å². The second-order valence-corrected chi connectivity index (χ2v) is 4.53. The van der Waals surface area contributed by atoms with E-state index in [0.29, 0.717) is 0 Å². The van der Waals surface area contributed by atoms with Gasteiger partial charge >= 0.3 is 0 Å². The number of hydrogen-bond donors (Lipinski definition) is 2. The normalized spacial score (nSPS) is 26.0. The minimum Gasteiger partial charge on any atom is -0.352 e. The molecular formula is C10H19N3O4. The molecule has 0 bridgehead atoms. The summed E-state index contributed by atoms with van der Waals surface area (Å²) in [5.41, 5.74) is 5.45. The van der Waals surface area contributed by atoms with Crippen LogP contribution in [0.1, 0.15) is 32.6 Å². The molecule has 98 valence electrons. The Balaban J connectivity index is 2.21. The van der Waals surface area contributed by atoms with Crippen molar-refractivity contribution in [1.29, 1.82) is 0 Å². The van der Waals surface area contributed by atoms with Gasteiger partial charge in [-0.1, -0.05) is 0 Å². The largest absolute Gasteiger partial charge is 0.352 e. The van der Waals surface area contributed by atoms with Crippen LogP contribution in [0.5, 0.6) is 0 Å². The van der Waals surface area contributed by atoms with E-state index in [9.17, 15) is 14.9 Å². The van der Waals surface area contributed by atoms with E-state index >= 15 is 0 Å². The summed E-state index contributed by atoms with van der Waals surface area (Å²) in [7, 11) is 0. The van der Waals surface area contributed by atoms with Crippen LogP contribution in [-0.4, -0.2) is 29.7 Å². The van der Waals surface area contributed by atoms with Gasteiger partial charge in [0.15, 0.2) is 0 Å². The number of carbonyl (C=O) groups excluding carboxylic acids is 1. The molecule has 17 heavy (non-hydrogen) atoms. The maximum Gasteiger partial charge on any atom is 0.294 e. The highest BCUT2D eigenvalue weighted by molar-refractivity contribution is 5.81. The highest BCUT2D eigenvalue weighted by Gasteiger charge is 2.23. The van der Waals surface area contributed by atoms with E-state index in [1.54, 1.807) is 6.92 Å². The van der Waals surface area contributed by atoms with Gasteiger partial charge in [0.25, 0.3) is 5.09 Å². The van der Waals surface area contributed by atoms with E-state index in [4.69, 9.17) is 5.73 Å². The highest BCUT2D eigenvalue weighted by atomic mass is 16.9. The van der Waals surface area contributed by atoms with Crippen molar-refractivity contribution in [2.45, 2.75) is 44.7 Å². The van der Waals surface area contributed by atoms with Crippen LogP contribution in [0.4, 0.5) is 0 Å². The molecule has 7 heteroatoms. The lowest BCUT2D eigenvalue weighted by Gasteiger charge is -2.28. The second kappa shape index (κ2) is 6.39. The van der Waals surface area contributed by atoms with Crippen molar-refractivity contribution in [2.75, 3.05) is 6.61 Å².